The Labute approximate surface area is 128 Å². The van der Waals surface area contributed by atoms with Gasteiger partial charge in [-0.25, -0.2) is 0 Å². The van der Waals surface area contributed by atoms with Crippen LogP contribution in [0.25, 0.3) is 0 Å². The molecule has 1 aliphatic rings. The summed E-state index contributed by atoms with van der Waals surface area (Å²) in [6.45, 7) is 0. The zero-order chi connectivity index (χ0) is 15.7. The van der Waals surface area contributed by atoms with Crippen LogP contribution in [0, 0.1) is 0 Å². The van der Waals surface area contributed by atoms with Crippen molar-refractivity contribution in [1.29, 1.82) is 0 Å². The highest BCUT2D eigenvalue weighted by Gasteiger charge is 2.33. The molecule has 1 aliphatic heterocycles. The Morgan fingerprint density at radius 3 is 2.55 bits per heavy atom. The van der Waals surface area contributed by atoms with Crippen molar-refractivity contribution in [3.63, 3.8) is 0 Å². The highest BCUT2D eigenvalue weighted by Crippen LogP contribution is 2.49. The Bertz CT molecular complexity index is 709. The molecular formula is C17H16O5. The first-order valence-electron chi connectivity index (χ1n) is 6.88. The molecule has 3 rings (SSSR count). The first-order chi connectivity index (χ1) is 10.7. The summed E-state index contributed by atoms with van der Waals surface area (Å²) in [6.07, 6.45) is -0.212. The number of hydrogen-bond donors (Lipinski definition) is 1. The molecule has 2 aromatic rings. The second-order valence-electron chi connectivity index (χ2n) is 4.98. The summed E-state index contributed by atoms with van der Waals surface area (Å²) in [5, 5.41) is 10.3. The average molecular weight is 300 g/mol. The predicted molar refractivity (Wildman–Crippen MR) is 80.0 cm³/mol. The van der Waals surface area contributed by atoms with Crippen molar-refractivity contribution < 1.29 is 24.1 Å². The van der Waals surface area contributed by atoms with E-state index in [1.807, 2.05) is 30.3 Å². The van der Waals surface area contributed by atoms with Crippen LogP contribution in [0.5, 0.6) is 23.0 Å². The van der Waals surface area contributed by atoms with Crippen LogP contribution >= 0.6 is 0 Å². The Morgan fingerprint density at radius 1 is 1.18 bits per heavy atom. The number of carbonyl (C=O) groups excluding carboxylic acids is 1. The van der Waals surface area contributed by atoms with Crippen molar-refractivity contribution >= 4 is 5.78 Å². The van der Waals surface area contributed by atoms with Crippen LogP contribution in [0.4, 0.5) is 0 Å². The number of ketones is 1. The van der Waals surface area contributed by atoms with E-state index in [0.29, 0.717) is 11.3 Å². The second kappa shape index (κ2) is 5.60. The topological polar surface area (TPSA) is 65.0 Å². The van der Waals surface area contributed by atoms with Gasteiger partial charge in [-0.1, -0.05) is 30.3 Å². The van der Waals surface area contributed by atoms with Gasteiger partial charge in [0.1, 0.15) is 6.10 Å². The van der Waals surface area contributed by atoms with Gasteiger partial charge >= 0.3 is 0 Å². The van der Waals surface area contributed by atoms with Crippen LogP contribution in [0.2, 0.25) is 0 Å². The van der Waals surface area contributed by atoms with Gasteiger partial charge in [-0.3, -0.25) is 4.79 Å². The molecule has 2 aromatic carbocycles. The van der Waals surface area contributed by atoms with E-state index < -0.39 is 6.10 Å². The molecule has 0 spiro atoms. The molecule has 0 bridgehead atoms. The number of phenolic OH excluding ortho intramolecular Hbond substituents is 1. The van der Waals surface area contributed by atoms with E-state index in [9.17, 15) is 9.90 Å². The molecule has 0 amide bonds. The maximum absolute atomic E-state index is 12.4. The van der Waals surface area contributed by atoms with Gasteiger partial charge in [-0.05, 0) is 11.6 Å². The number of hydrogen-bond acceptors (Lipinski definition) is 5. The molecule has 5 nitrogen and oxygen atoms in total. The summed E-state index contributed by atoms with van der Waals surface area (Å²) in [7, 11) is 2.87. The Hall–Kier alpha value is -2.69. The van der Waals surface area contributed by atoms with E-state index in [4.69, 9.17) is 14.2 Å². The molecular weight excluding hydrogens is 284 g/mol. The van der Waals surface area contributed by atoms with Gasteiger partial charge in [0.2, 0.25) is 11.5 Å². The fraction of sp³-hybridized carbons (Fsp3) is 0.235. The maximum atomic E-state index is 12.4. The zero-order valence-corrected chi connectivity index (χ0v) is 12.3. The molecule has 114 valence electrons. The third-order valence-electron chi connectivity index (χ3n) is 3.70. The van der Waals surface area contributed by atoms with E-state index in [1.54, 1.807) is 0 Å². The van der Waals surface area contributed by atoms with E-state index in [0.717, 1.165) is 5.56 Å². The summed E-state index contributed by atoms with van der Waals surface area (Å²) < 4.78 is 16.1. The molecule has 1 N–H and O–H groups in total. The van der Waals surface area contributed by atoms with Gasteiger partial charge in [0, 0.05) is 0 Å². The Morgan fingerprint density at radius 2 is 1.91 bits per heavy atom. The largest absolute Gasteiger partial charge is 0.502 e. The maximum Gasteiger partial charge on any atom is 0.207 e. The van der Waals surface area contributed by atoms with Crippen LogP contribution in [0.15, 0.2) is 36.4 Å². The van der Waals surface area contributed by atoms with Crippen molar-refractivity contribution in [2.75, 3.05) is 14.2 Å². The van der Waals surface area contributed by atoms with Gasteiger partial charge in [0.15, 0.2) is 17.3 Å². The van der Waals surface area contributed by atoms with Crippen molar-refractivity contribution in [3.8, 4) is 23.0 Å². The number of ether oxygens (including phenoxy) is 3. The highest BCUT2D eigenvalue weighted by molar-refractivity contribution is 6.02. The number of aromatic hydroxyl groups is 1. The van der Waals surface area contributed by atoms with E-state index >= 15 is 0 Å². The summed E-state index contributed by atoms with van der Waals surface area (Å²) in [4.78, 5) is 12.4. The molecule has 5 heteroatoms. The Balaban J connectivity index is 2.08. The minimum Gasteiger partial charge on any atom is -0.502 e. The summed E-state index contributed by atoms with van der Waals surface area (Å²) >= 11 is 0. The number of Topliss-reactive ketones (excluding diaryl/α,β-unsaturated/α-hetero) is 1. The smallest absolute Gasteiger partial charge is 0.207 e. The number of benzene rings is 2. The minimum absolute atomic E-state index is 0.105. The van der Waals surface area contributed by atoms with Crippen molar-refractivity contribution in [3.05, 3.63) is 47.5 Å². The minimum atomic E-state index is -0.426. The van der Waals surface area contributed by atoms with Gasteiger partial charge in [-0.2, -0.15) is 0 Å². The van der Waals surface area contributed by atoms with Crippen LogP contribution in [-0.2, 0) is 0 Å². The molecule has 0 saturated heterocycles. The SMILES string of the molecule is COc1cc2c(c(O)c1OC)OC(c1ccccc1)CC2=O. The predicted octanol–water partition coefficient (Wildman–Crippen LogP) is 3.12. The first kappa shape index (κ1) is 14.3. The van der Waals surface area contributed by atoms with Gasteiger partial charge in [0.25, 0.3) is 0 Å². The second-order valence-corrected chi connectivity index (χ2v) is 4.98. The fourth-order valence-electron chi connectivity index (χ4n) is 2.60. The van der Waals surface area contributed by atoms with Crippen LogP contribution < -0.4 is 14.2 Å². The van der Waals surface area contributed by atoms with E-state index in [1.165, 1.54) is 20.3 Å². The van der Waals surface area contributed by atoms with Crippen LogP contribution in [-0.4, -0.2) is 25.1 Å². The molecule has 1 heterocycles. The van der Waals surface area contributed by atoms with Crippen LogP contribution in [0.3, 0.4) is 0 Å². The molecule has 0 aromatic heterocycles. The lowest BCUT2D eigenvalue weighted by Crippen LogP contribution is -2.20. The zero-order valence-electron chi connectivity index (χ0n) is 12.3. The van der Waals surface area contributed by atoms with Crippen molar-refractivity contribution in [2.24, 2.45) is 0 Å². The molecule has 0 aliphatic carbocycles. The number of methoxy groups -OCH3 is 2. The lowest BCUT2D eigenvalue weighted by Gasteiger charge is -2.27. The van der Waals surface area contributed by atoms with Crippen molar-refractivity contribution in [1.82, 2.24) is 0 Å². The summed E-state index contributed by atoms with van der Waals surface area (Å²) in [6, 6.07) is 11.0. The molecule has 0 saturated carbocycles. The number of rotatable bonds is 3. The van der Waals surface area contributed by atoms with E-state index in [-0.39, 0.29) is 29.5 Å². The average Bonchev–Trinajstić information content (AvgIpc) is 2.56. The van der Waals surface area contributed by atoms with Crippen LogP contribution in [0.1, 0.15) is 28.4 Å². The Kier molecular flexibility index (Phi) is 3.63. The monoisotopic (exact) mass is 300 g/mol. The number of fused-ring (bicyclic) bond motifs is 1. The lowest BCUT2D eigenvalue weighted by atomic mass is 9.95. The number of carbonyl (C=O) groups is 1. The van der Waals surface area contributed by atoms with Gasteiger partial charge in [0.05, 0.1) is 26.2 Å². The summed E-state index contributed by atoms with van der Waals surface area (Å²) in [5.74, 6) is 0.275. The number of phenols is 1. The third kappa shape index (κ3) is 2.24. The summed E-state index contributed by atoms with van der Waals surface area (Å²) in [5.41, 5.74) is 1.19. The van der Waals surface area contributed by atoms with Gasteiger partial charge in [-0.15, -0.1) is 0 Å². The standard InChI is InChI=1S/C17H16O5/c1-20-14-8-11-12(18)9-13(10-6-4-3-5-7-10)22-16(11)15(19)17(14)21-2/h3-8,13,19H,9H2,1-2H3. The third-order valence-corrected chi connectivity index (χ3v) is 3.70. The molecule has 22 heavy (non-hydrogen) atoms. The van der Waals surface area contributed by atoms with E-state index in [2.05, 4.69) is 0 Å². The molecule has 0 fully saturated rings. The first-order valence-corrected chi connectivity index (χ1v) is 6.88. The van der Waals surface area contributed by atoms with Gasteiger partial charge < -0.3 is 19.3 Å². The molecule has 0 radical (unpaired) electrons. The molecule has 1 atom stereocenters. The highest BCUT2D eigenvalue weighted by atomic mass is 16.5. The van der Waals surface area contributed by atoms with Crippen molar-refractivity contribution in [2.45, 2.75) is 12.5 Å². The normalized spacial score (nSPS) is 16.6. The fourth-order valence-corrected chi connectivity index (χ4v) is 2.60. The lowest BCUT2D eigenvalue weighted by molar-refractivity contribution is 0.0840. The quantitative estimate of drug-likeness (QED) is 0.943. The molecule has 1 unspecified atom stereocenters.